The zero-order chi connectivity index (χ0) is 14.1. The third kappa shape index (κ3) is 6.78. The predicted octanol–water partition coefficient (Wildman–Crippen LogP) is 2.05. The van der Waals surface area contributed by atoms with Crippen molar-refractivity contribution in [3.8, 4) is 0 Å². The van der Waals surface area contributed by atoms with Gasteiger partial charge in [-0.2, -0.15) is 4.31 Å². The van der Waals surface area contributed by atoms with Crippen LogP contribution in [0.1, 0.15) is 48.0 Å². The van der Waals surface area contributed by atoms with Crippen molar-refractivity contribution >= 4 is 15.8 Å². The van der Waals surface area contributed by atoms with Gasteiger partial charge in [-0.15, -0.1) is 0 Å². The Morgan fingerprint density at radius 3 is 1.71 bits per heavy atom. The van der Waals surface area contributed by atoms with Crippen molar-refractivity contribution < 1.29 is 13.2 Å². The van der Waals surface area contributed by atoms with Crippen molar-refractivity contribution in [2.75, 3.05) is 12.8 Å². The molecule has 0 aromatic carbocycles. The smallest absolute Gasteiger partial charge is 0.212 e. The molecule has 0 aromatic rings. The maximum absolute atomic E-state index is 11.9. The molecule has 0 bridgehead atoms. The van der Waals surface area contributed by atoms with Gasteiger partial charge in [0.2, 0.25) is 10.0 Å². The van der Waals surface area contributed by atoms with Gasteiger partial charge in [0, 0.05) is 12.0 Å². The third-order valence-electron chi connectivity index (χ3n) is 2.20. The van der Waals surface area contributed by atoms with Crippen molar-refractivity contribution in [2.24, 2.45) is 5.41 Å². The quantitative estimate of drug-likeness (QED) is 0.780. The zero-order valence-corrected chi connectivity index (χ0v) is 12.8. The van der Waals surface area contributed by atoms with Crippen LogP contribution in [0.25, 0.3) is 0 Å². The van der Waals surface area contributed by atoms with Crippen LogP contribution in [-0.4, -0.2) is 36.8 Å². The van der Waals surface area contributed by atoms with E-state index in [0.717, 1.165) is 6.26 Å². The monoisotopic (exact) mass is 263 g/mol. The molecule has 0 aliphatic rings. The Balaban J connectivity index is 4.88. The lowest BCUT2D eigenvalue weighted by molar-refractivity contribution is -0.121. The van der Waals surface area contributed by atoms with E-state index in [-0.39, 0.29) is 17.7 Å². The van der Waals surface area contributed by atoms with E-state index in [1.54, 1.807) is 20.8 Å². The van der Waals surface area contributed by atoms with Crippen molar-refractivity contribution in [2.45, 2.75) is 53.5 Å². The Hall–Kier alpha value is -0.420. The second-order valence-corrected chi connectivity index (χ2v) is 8.62. The maximum Gasteiger partial charge on any atom is 0.212 e. The minimum atomic E-state index is -3.36. The molecule has 0 amide bonds. The van der Waals surface area contributed by atoms with E-state index in [1.807, 2.05) is 20.8 Å². The number of sulfonamides is 1. The molecular weight excluding hydrogens is 238 g/mol. The molecule has 0 saturated carbocycles. The normalized spacial score (nSPS) is 14.1. The molecule has 0 N–H and O–H groups in total. The molecular formula is C12H25NO3S. The molecule has 102 valence electrons. The summed E-state index contributed by atoms with van der Waals surface area (Å²) < 4.78 is 24.6. The molecule has 0 fully saturated rings. The minimum Gasteiger partial charge on any atom is -0.298 e. The van der Waals surface area contributed by atoms with Crippen LogP contribution in [0.2, 0.25) is 0 Å². The lowest BCUT2D eigenvalue weighted by Crippen LogP contribution is -2.47. The summed E-state index contributed by atoms with van der Waals surface area (Å²) in [5.74, 6) is -0.0437. The second kappa shape index (κ2) is 5.06. The largest absolute Gasteiger partial charge is 0.298 e. The molecule has 4 nitrogen and oxygen atoms in total. The standard InChI is InChI=1S/C12H25NO3S/c1-11(2,3)8-10(14)9-13(12(4,5)6)17(7,15)16/h8-9H2,1-7H3. The van der Waals surface area contributed by atoms with Crippen LogP contribution < -0.4 is 0 Å². The highest BCUT2D eigenvalue weighted by Gasteiger charge is 2.32. The van der Waals surface area contributed by atoms with Crippen LogP contribution in [-0.2, 0) is 14.8 Å². The van der Waals surface area contributed by atoms with Gasteiger partial charge in [-0.25, -0.2) is 8.42 Å². The number of nitrogens with zero attached hydrogens (tertiary/aromatic N) is 1. The summed E-state index contributed by atoms with van der Waals surface area (Å²) in [6.45, 7) is 11.2. The van der Waals surface area contributed by atoms with Gasteiger partial charge in [0.15, 0.2) is 0 Å². The van der Waals surface area contributed by atoms with E-state index >= 15 is 0 Å². The van der Waals surface area contributed by atoms with Crippen LogP contribution in [0.15, 0.2) is 0 Å². The number of Topliss-reactive ketones (excluding diaryl/α,β-unsaturated/α-hetero) is 1. The number of rotatable bonds is 4. The van der Waals surface area contributed by atoms with Gasteiger partial charge >= 0.3 is 0 Å². The zero-order valence-electron chi connectivity index (χ0n) is 12.0. The van der Waals surface area contributed by atoms with E-state index in [4.69, 9.17) is 0 Å². The number of carbonyl (C=O) groups excluding carboxylic acids is 1. The maximum atomic E-state index is 11.9. The molecule has 17 heavy (non-hydrogen) atoms. The van der Waals surface area contributed by atoms with Gasteiger partial charge < -0.3 is 0 Å². The average Bonchev–Trinajstić information content (AvgIpc) is 1.91. The van der Waals surface area contributed by atoms with Gasteiger partial charge in [-0.3, -0.25) is 4.79 Å². The number of hydrogen-bond acceptors (Lipinski definition) is 3. The first kappa shape index (κ1) is 16.6. The topological polar surface area (TPSA) is 54.5 Å². The molecule has 0 rings (SSSR count). The van der Waals surface area contributed by atoms with Crippen LogP contribution in [0.4, 0.5) is 0 Å². The number of hydrogen-bond donors (Lipinski definition) is 0. The van der Waals surface area contributed by atoms with Gasteiger partial charge in [0.1, 0.15) is 5.78 Å². The van der Waals surface area contributed by atoms with E-state index in [0.29, 0.717) is 6.42 Å². The lowest BCUT2D eigenvalue weighted by atomic mass is 9.90. The Morgan fingerprint density at radius 1 is 1.06 bits per heavy atom. The second-order valence-electron chi connectivity index (χ2n) is 6.72. The Morgan fingerprint density at radius 2 is 1.47 bits per heavy atom. The first-order valence-corrected chi connectivity index (χ1v) is 7.58. The van der Waals surface area contributed by atoms with Crippen molar-refractivity contribution in [3.63, 3.8) is 0 Å². The van der Waals surface area contributed by atoms with E-state index in [1.165, 1.54) is 4.31 Å². The van der Waals surface area contributed by atoms with Crippen LogP contribution in [0, 0.1) is 5.41 Å². The van der Waals surface area contributed by atoms with Crippen LogP contribution in [0.5, 0.6) is 0 Å². The Bertz CT molecular complexity index is 372. The Labute approximate surface area is 105 Å². The summed E-state index contributed by atoms with van der Waals surface area (Å²) in [6.07, 6.45) is 1.53. The molecule has 0 spiro atoms. The number of ketones is 1. The molecule has 0 unspecified atom stereocenters. The first-order valence-electron chi connectivity index (χ1n) is 5.73. The summed E-state index contributed by atoms with van der Waals surface area (Å²) in [5.41, 5.74) is -0.681. The van der Waals surface area contributed by atoms with Gasteiger partial charge in [-0.05, 0) is 26.2 Å². The summed E-state index contributed by atoms with van der Waals surface area (Å²) in [5, 5.41) is 0. The van der Waals surface area contributed by atoms with Crippen molar-refractivity contribution in [1.29, 1.82) is 0 Å². The summed E-state index contributed by atoms with van der Waals surface area (Å²) in [4.78, 5) is 11.9. The summed E-state index contributed by atoms with van der Waals surface area (Å²) in [7, 11) is -3.36. The highest BCUT2D eigenvalue weighted by molar-refractivity contribution is 7.88. The van der Waals surface area contributed by atoms with E-state index < -0.39 is 15.6 Å². The molecule has 0 aromatic heterocycles. The highest BCUT2D eigenvalue weighted by Crippen LogP contribution is 2.22. The molecule has 0 aliphatic heterocycles. The predicted molar refractivity (Wildman–Crippen MR) is 70.4 cm³/mol. The van der Waals surface area contributed by atoms with E-state index in [2.05, 4.69) is 0 Å². The fourth-order valence-electron chi connectivity index (χ4n) is 1.66. The number of carbonyl (C=O) groups is 1. The van der Waals surface area contributed by atoms with Crippen molar-refractivity contribution in [3.05, 3.63) is 0 Å². The Kier molecular flexibility index (Phi) is 4.94. The van der Waals surface area contributed by atoms with Gasteiger partial charge in [0.25, 0.3) is 0 Å². The fraction of sp³-hybridized carbons (Fsp3) is 0.917. The average molecular weight is 263 g/mol. The molecule has 0 aliphatic carbocycles. The fourth-order valence-corrected chi connectivity index (χ4v) is 3.03. The third-order valence-corrected chi connectivity index (χ3v) is 3.67. The van der Waals surface area contributed by atoms with Gasteiger partial charge in [0.05, 0.1) is 12.8 Å². The first-order chi connectivity index (χ1) is 7.23. The SMILES string of the molecule is CC(C)(C)CC(=O)CN(C(C)(C)C)S(C)(=O)=O. The molecule has 0 atom stereocenters. The lowest BCUT2D eigenvalue weighted by Gasteiger charge is -2.33. The minimum absolute atomic E-state index is 0.0421. The highest BCUT2D eigenvalue weighted by atomic mass is 32.2. The van der Waals surface area contributed by atoms with E-state index in [9.17, 15) is 13.2 Å². The summed E-state index contributed by atoms with van der Waals surface area (Å²) in [6, 6.07) is 0. The molecule has 0 radical (unpaired) electrons. The summed E-state index contributed by atoms with van der Waals surface area (Å²) >= 11 is 0. The van der Waals surface area contributed by atoms with Crippen molar-refractivity contribution in [1.82, 2.24) is 4.31 Å². The van der Waals surface area contributed by atoms with Gasteiger partial charge in [-0.1, -0.05) is 20.8 Å². The molecule has 0 saturated heterocycles. The molecule has 5 heteroatoms. The van der Waals surface area contributed by atoms with Crippen LogP contribution >= 0.6 is 0 Å². The molecule has 0 heterocycles. The van der Waals surface area contributed by atoms with Crippen LogP contribution in [0.3, 0.4) is 0 Å².